The van der Waals surface area contributed by atoms with E-state index in [0.29, 0.717) is 5.41 Å². The standard InChI is InChI=1S/C21H25.C16H21.C13H10.2ClH.Zr/c1-20(2,3)16-7-9-18-14(12-16)11-15-13-17(21(4,5)6)8-10-19(15)18;1-15(4-2-3-5-15)16-9-12-6-13(10-16)8-14(7-12)11-16;1-3-7-12(8-4-1)11-13-9-5-2-6-10-13;;;/h7-10,12H,11H2,1-6H3;2,4-5,12-14H,6-11H2,1H3;1-10H;2*1H;/q;;;;;+2/p-2. The van der Waals surface area contributed by atoms with Gasteiger partial charge in [0, 0.05) is 0 Å². The molecule has 0 nitrogen and oxygen atoms in total. The monoisotopic (exact) mass is 816 g/mol. The first-order valence-electron chi connectivity index (χ1n) is 19.9. The van der Waals surface area contributed by atoms with Crippen LogP contribution in [0.15, 0.2) is 113 Å². The summed E-state index contributed by atoms with van der Waals surface area (Å²) in [6.45, 7) is 17.1. The Balaban J connectivity index is 0.00000218. The number of allylic oxidation sites excluding steroid dienone is 4. The van der Waals surface area contributed by atoms with Crippen molar-refractivity contribution in [3.63, 3.8) is 0 Å². The van der Waals surface area contributed by atoms with Crippen molar-refractivity contribution >= 4 is 6.48 Å². The summed E-state index contributed by atoms with van der Waals surface area (Å²) in [5.41, 5.74) is 12.7. The minimum atomic E-state index is -2.97. The van der Waals surface area contributed by atoms with Gasteiger partial charge in [-0.2, -0.15) is 0 Å². The Morgan fingerprint density at radius 2 is 1.21 bits per heavy atom. The third-order valence-corrected chi connectivity index (χ3v) is 21.4. The molecule has 0 radical (unpaired) electrons. The van der Waals surface area contributed by atoms with Crippen molar-refractivity contribution in [1.29, 1.82) is 0 Å². The number of hydrogen-bond donors (Lipinski definition) is 0. The molecule has 0 N–H and O–H groups in total. The molecule has 6 aliphatic rings. The van der Waals surface area contributed by atoms with E-state index in [1.165, 1.54) is 71.9 Å². The van der Waals surface area contributed by atoms with Crippen LogP contribution in [-0.2, 0) is 38.5 Å². The summed E-state index contributed by atoms with van der Waals surface area (Å²) < 4.78 is 5.07. The van der Waals surface area contributed by atoms with Crippen LogP contribution in [0.4, 0.5) is 0 Å². The van der Waals surface area contributed by atoms with Crippen LogP contribution < -0.4 is 28.1 Å². The molecule has 4 aromatic carbocycles. The predicted molar refractivity (Wildman–Crippen MR) is 214 cm³/mol. The largest absolute Gasteiger partial charge is 1.00 e. The van der Waals surface area contributed by atoms with Gasteiger partial charge in [0.05, 0.1) is 0 Å². The van der Waals surface area contributed by atoms with Crippen molar-refractivity contribution in [2.75, 3.05) is 0 Å². The van der Waals surface area contributed by atoms with E-state index in [-0.39, 0.29) is 41.1 Å². The smallest absolute Gasteiger partial charge is 1.00 e. The van der Waals surface area contributed by atoms with Gasteiger partial charge in [-0.25, -0.2) is 0 Å². The van der Waals surface area contributed by atoms with E-state index in [4.69, 9.17) is 0 Å². The minimum absolute atomic E-state index is 0. The zero-order chi connectivity index (χ0) is 35.3. The van der Waals surface area contributed by atoms with Gasteiger partial charge in [-0.15, -0.1) is 0 Å². The molecule has 10 rings (SSSR count). The molecule has 1 unspecified atom stereocenters. The molecule has 4 aromatic rings. The first kappa shape index (κ1) is 38.9. The summed E-state index contributed by atoms with van der Waals surface area (Å²) in [6, 6.07) is 35.5. The average Bonchev–Trinajstić information content (AvgIpc) is 3.67. The first-order valence-corrected chi connectivity index (χ1v) is 23.6. The van der Waals surface area contributed by atoms with Gasteiger partial charge >= 0.3 is 318 Å². The van der Waals surface area contributed by atoms with Gasteiger partial charge in [0.25, 0.3) is 0 Å². The summed E-state index contributed by atoms with van der Waals surface area (Å²) in [7, 11) is 0. The Bertz CT molecular complexity index is 2050. The number of hydrogen-bond acceptors (Lipinski definition) is 0. The van der Waals surface area contributed by atoms with E-state index in [1.54, 1.807) is 20.9 Å². The number of benzene rings is 4. The predicted octanol–water partition coefficient (Wildman–Crippen LogP) is 6.05. The molecule has 0 amide bonds. The molecule has 1 atom stereocenters. The van der Waals surface area contributed by atoms with E-state index in [2.05, 4.69) is 158 Å². The molecule has 0 saturated heterocycles. The van der Waals surface area contributed by atoms with Gasteiger partial charge in [0.2, 0.25) is 0 Å². The van der Waals surface area contributed by atoms with Crippen LogP contribution in [0, 0.1) is 28.6 Å². The summed E-state index contributed by atoms with van der Waals surface area (Å²) in [6.07, 6.45) is 18.2. The SMILES string of the molecule is CC(C)(C)c1ccc2c(c1)Cc1c-2ccc(C(C)(C)C)[c]1[Zr+2]([C]1=CC(C)(C23CC4CC(CC(C4)C2)C3)C=C1)=[C](c1ccccc1)c1ccccc1.[Cl-].[Cl-]. The fourth-order valence-electron chi connectivity index (χ4n) is 11.7. The van der Waals surface area contributed by atoms with Crippen LogP contribution in [0.1, 0.15) is 120 Å². The Hall–Kier alpha value is -2.31. The van der Waals surface area contributed by atoms with Gasteiger partial charge < -0.3 is 24.8 Å². The molecule has 4 saturated carbocycles. The first-order chi connectivity index (χ1) is 24.3. The molecular formula is C50H56Cl2Zr. The van der Waals surface area contributed by atoms with Gasteiger partial charge in [0.15, 0.2) is 0 Å². The molecule has 53 heavy (non-hydrogen) atoms. The van der Waals surface area contributed by atoms with Crippen LogP contribution in [-0.4, -0.2) is 3.21 Å². The molecule has 4 bridgehead atoms. The van der Waals surface area contributed by atoms with Crippen molar-refractivity contribution in [3.8, 4) is 11.1 Å². The molecule has 3 heteroatoms. The fourth-order valence-corrected chi connectivity index (χ4v) is 20.7. The molecule has 0 heterocycles. The van der Waals surface area contributed by atoms with E-state index in [1.807, 2.05) is 0 Å². The Morgan fingerprint density at radius 1 is 0.660 bits per heavy atom. The quantitative estimate of drug-likeness (QED) is 0.203. The van der Waals surface area contributed by atoms with Gasteiger partial charge in [-0.3, -0.25) is 0 Å². The van der Waals surface area contributed by atoms with E-state index in [0.717, 1.165) is 24.2 Å². The second kappa shape index (κ2) is 14.0. The summed E-state index contributed by atoms with van der Waals surface area (Å²) in [4.78, 5) is 0. The molecule has 4 fully saturated rings. The van der Waals surface area contributed by atoms with E-state index < -0.39 is 21.3 Å². The second-order valence-electron chi connectivity index (χ2n) is 19.5. The van der Waals surface area contributed by atoms with Crippen LogP contribution in [0.3, 0.4) is 0 Å². The maximum absolute atomic E-state index is 2.97. The van der Waals surface area contributed by atoms with Crippen LogP contribution in [0.25, 0.3) is 11.1 Å². The summed E-state index contributed by atoms with van der Waals surface area (Å²) >= 11 is -2.97. The number of rotatable bonds is 5. The molecule has 274 valence electrons. The topological polar surface area (TPSA) is 0 Å². The Morgan fingerprint density at radius 3 is 1.74 bits per heavy atom. The molecular weight excluding hydrogens is 763 g/mol. The van der Waals surface area contributed by atoms with Crippen molar-refractivity contribution in [1.82, 2.24) is 0 Å². The Kier molecular flexibility index (Phi) is 10.3. The zero-order valence-electron chi connectivity index (χ0n) is 32.8. The minimum Gasteiger partial charge on any atom is -1.00 e. The fraction of sp³-hybridized carbons (Fsp3) is 0.420. The van der Waals surface area contributed by atoms with Crippen LogP contribution in [0.2, 0.25) is 0 Å². The molecule has 0 spiro atoms. The van der Waals surface area contributed by atoms with Gasteiger partial charge in [-0.1, -0.05) is 0 Å². The van der Waals surface area contributed by atoms with Gasteiger partial charge in [-0.05, 0) is 0 Å². The van der Waals surface area contributed by atoms with Gasteiger partial charge in [0.1, 0.15) is 0 Å². The van der Waals surface area contributed by atoms with Crippen molar-refractivity contribution < 1.29 is 46.1 Å². The van der Waals surface area contributed by atoms with Crippen molar-refractivity contribution in [3.05, 3.63) is 146 Å². The second-order valence-corrected chi connectivity index (χ2v) is 25.2. The molecule has 0 aliphatic heterocycles. The van der Waals surface area contributed by atoms with E-state index in [9.17, 15) is 0 Å². The number of fused-ring (bicyclic) bond motifs is 3. The third-order valence-electron chi connectivity index (χ3n) is 13.9. The Labute approximate surface area is 340 Å². The summed E-state index contributed by atoms with van der Waals surface area (Å²) in [5.74, 6) is 2.86. The van der Waals surface area contributed by atoms with Crippen molar-refractivity contribution in [2.24, 2.45) is 28.6 Å². The maximum Gasteiger partial charge on any atom is -1.00 e. The maximum atomic E-state index is 2.90. The number of halogens is 2. The molecule has 6 aliphatic carbocycles. The van der Waals surface area contributed by atoms with Crippen molar-refractivity contribution in [2.45, 2.75) is 104 Å². The summed E-state index contributed by atoms with van der Waals surface area (Å²) in [5, 5.41) is 0. The van der Waals surface area contributed by atoms with Crippen LogP contribution in [0.5, 0.6) is 0 Å². The van der Waals surface area contributed by atoms with Crippen LogP contribution >= 0.6 is 0 Å². The van der Waals surface area contributed by atoms with E-state index >= 15 is 0 Å². The zero-order valence-corrected chi connectivity index (χ0v) is 36.8. The normalized spacial score (nSPS) is 26.2. The average molecular weight is 819 g/mol. The third kappa shape index (κ3) is 6.62. The molecule has 0 aromatic heterocycles.